The number of amides is 1. The number of nitrogens with one attached hydrogen (secondary N) is 1. The third-order valence-corrected chi connectivity index (χ3v) is 5.06. The van der Waals surface area contributed by atoms with Gasteiger partial charge in [0.25, 0.3) is 0 Å². The number of benzene rings is 2. The van der Waals surface area contributed by atoms with E-state index in [1.165, 1.54) is 0 Å². The normalized spacial score (nSPS) is 11.4. The number of rotatable bonds is 7. The van der Waals surface area contributed by atoms with Gasteiger partial charge in [0.2, 0.25) is 5.91 Å². The number of fused-ring (bicyclic) bond motifs is 1. The molecule has 0 radical (unpaired) electrons. The number of ether oxygens (including phenoxy) is 2. The highest BCUT2D eigenvalue weighted by atomic mass is 16.5. The van der Waals surface area contributed by atoms with Crippen molar-refractivity contribution in [2.45, 2.75) is 13.8 Å². The van der Waals surface area contributed by atoms with Gasteiger partial charge in [-0.25, -0.2) is 4.98 Å². The van der Waals surface area contributed by atoms with Gasteiger partial charge < -0.3 is 19.2 Å². The summed E-state index contributed by atoms with van der Waals surface area (Å²) in [6.07, 6.45) is 4.89. The number of carbonyl (C=O) groups is 1. The van der Waals surface area contributed by atoms with Crippen LogP contribution in [0, 0.1) is 0 Å². The van der Waals surface area contributed by atoms with Crippen molar-refractivity contribution < 1.29 is 18.7 Å². The molecule has 0 aliphatic heterocycles. The zero-order valence-electron chi connectivity index (χ0n) is 18.2. The van der Waals surface area contributed by atoms with E-state index in [1.54, 1.807) is 37.8 Å². The first-order valence-corrected chi connectivity index (χ1v) is 10.3. The Bertz CT molecular complexity index is 1280. The Balaban J connectivity index is 1.77. The minimum atomic E-state index is -0.263. The third kappa shape index (κ3) is 4.34. The van der Waals surface area contributed by atoms with Crippen LogP contribution in [0.5, 0.6) is 11.5 Å². The van der Waals surface area contributed by atoms with Crippen LogP contribution in [-0.4, -0.2) is 24.6 Å². The monoisotopic (exact) mass is 428 g/mol. The van der Waals surface area contributed by atoms with Crippen molar-refractivity contribution >= 4 is 28.3 Å². The van der Waals surface area contributed by atoms with Crippen LogP contribution in [0.15, 0.2) is 77.6 Å². The number of aromatic nitrogens is 1. The van der Waals surface area contributed by atoms with Crippen molar-refractivity contribution in [1.82, 2.24) is 4.98 Å². The van der Waals surface area contributed by atoms with Gasteiger partial charge in [0, 0.05) is 40.4 Å². The number of pyridine rings is 1. The zero-order valence-corrected chi connectivity index (χ0v) is 18.2. The Kier molecular flexibility index (Phi) is 6.22. The van der Waals surface area contributed by atoms with E-state index in [4.69, 9.17) is 13.9 Å². The molecule has 6 nitrogen and oxygen atoms in total. The molecule has 0 bridgehead atoms. The van der Waals surface area contributed by atoms with E-state index in [2.05, 4.69) is 10.3 Å². The first-order valence-electron chi connectivity index (χ1n) is 10.3. The van der Waals surface area contributed by atoms with Crippen molar-refractivity contribution in [3.8, 4) is 22.6 Å². The predicted octanol–water partition coefficient (Wildman–Crippen LogP) is 5.94. The molecule has 4 aromatic rings. The van der Waals surface area contributed by atoms with E-state index in [1.807, 2.05) is 56.3 Å². The smallest absolute Gasteiger partial charge is 0.249 e. The van der Waals surface area contributed by atoms with Gasteiger partial charge in [-0.3, -0.25) is 4.79 Å². The number of anilines is 1. The lowest BCUT2D eigenvalue weighted by Gasteiger charge is -2.12. The first kappa shape index (κ1) is 21.2. The minimum Gasteiger partial charge on any atom is -0.496 e. The van der Waals surface area contributed by atoms with Gasteiger partial charge in [-0.1, -0.05) is 24.3 Å². The Hall–Kier alpha value is -4.06. The van der Waals surface area contributed by atoms with Gasteiger partial charge in [-0.2, -0.15) is 0 Å². The van der Waals surface area contributed by atoms with E-state index in [9.17, 15) is 4.79 Å². The lowest BCUT2D eigenvalue weighted by atomic mass is 9.98. The van der Waals surface area contributed by atoms with Crippen LogP contribution < -0.4 is 14.8 Å². The fourth-order valence-corrected chi connectivity index (χ4v) is 3.59. The van der Waals surface area contributed by atoms with Gasteiger partial charge in [0.1, 0.15) is 22.9 Å². The molecule has 1 amide bonds. The van der Waals surface area contributed by atoms with E-state index in [-0.39, 0.29) is 5.91 Å². The largest absolute Gasteiger partial charge is 0.496 e. The highest BCUT2D eigenvalue weighted by Gasteiger charge is 2.17. The Morgan fingerprint density at radius 1 is 1.09 bits per heavy atom. The van der Waals surface area contributed by atoms with Crippen LogP contribution in [0.1, 0.15) is 19.4 Å². The summed E-state index contributed by atoms with van der Waals surface area (Å²) in [5.41, 5.74) is 4.11. The lowest BCUT2D eigenvalue weighted by molar-refractivity contribution is -0.111. The van der Waals surface area contributed by atoms with E-state index in [0.717, 1.165) is 33.4 Å². The molecule has 0 aliphatic carbocycles. The highest BCUT2D eigenvalue weighted by Crippen LogP contribution is 2.40. The summed E-state index contributed by atoms with van der Waals surface area (Å²) < 4.78 is 17.2. The van der Waals surface area contributed by atoms with Crippen molar-refractivity contribution in [1.29, 1.82) is 0 Å². The summed E-state index contributed by atoms with van der Waals surface area (Å²) in [6.45, 7) is 4.29. The second-order valence-electron chi connectivity index (χ2n) is 7.16. The molecule has 4 rings (SSSR count). The minimum absolute atomic E-state index is 0.263. The maximum atomic E-state index is 12.5. The van der Waals surface area contributed by atoms with Crippen LogP contribution in [0.2, 0.25) is 0 Å². The second kappa shape index (κ2) is 9.39. The zero-order chi connectivity index (χ0) is 22.5. The number of para-hydroxylation sites is 1. The third-order valence-electron chi connectivity index (χ3n) is 5.06. The van der Waals surface area contributed by atoms with Crippen LogP contribution in [0.3, 0.4) is 0 Å². The number of carbonyl (C=O) groups excluding carboxylic acids is 1. The Morgan fingerprint density at radius 2 is 1.91 bits per heavy atom. The van der Waals surface area contributed by atoms with Crippen LogP contribution in [-0.2, 0) is 4.79 Å². The number of nitrogens with zero attached hydrogens (tertiary/aromatic N) is 1. The first-order chi connectivity index (χ1) is 15.6. The molecule has 32 heavy (non-hydrogen) atoms. The van der Waals surface area contributed by atoms with Crippen molar-refractivity contribution in [2.24, 2.45) is 0 Å². The molecular formula is C26H24N2O4. The van der Waals surface area contributed by atoms with Gasteiger partial charge >= 0.3 is 0 Å². The number of hydrogen-bond donors (Lipinski definition) is 1. The maximum absolute atomic E-state index is 12.5. The molecule has 0 unspecified atom stereocenters. The fourth-order valence-electron chi connectivity index (χ4n) is 3.59. The molecule has 2 aromatic carbocycles. The highest BCUT2D eigenvalue weighted by molar-refractivity contribution is 6.05. The molecule has 0 saturated heterocycles. The molecule has 6 heteroatoms. The van der Waals surface area contributed by atoms with Gasteiger partial charge in [-0.05, 0) is 43.7 Å². The second-order valence-corrected chi connectivity index (χ2v) is 7.16. The average Bonchev–Trinajstić information content (AvgIpc) is 3.22. The Morgan fingerprint density at radius 3 is 2.66 bits per heavy atom. The topological polar surface area (TPSA) is 73.6 Å². The van der Waals surface area contributed by atoms with E-state index in [0.29, 0.717) is 23.8 Å². The Labute approximate surface area is 186 Å². The van der Waals surface area contributed by atoms with E-state index < -0.39 is 0 Å². The van der Waals surface area contributed by atoms with E-state index >= 15 is 0 Å². The summed E-state index contributed by atoms with van der Waals surface area (Å²) in [5, 5.41) is 3.68. The van der Waals surface area contributed by atoms with Crippen molar-refractivity contribution in [3.05, 3.63) is 78.7 Å². The summed E-state index contributed by atoms with van der Waals surface area (Å²) in [4.78, 5) is 16.7. The SMILES string of the molecule is CCOc1cc2occ(-c3ccccc3OC)c2cc1/C(C)=C/C(=O)Nc1ccccn1. The standard InChI is InChI=1S/C26H24N2O4/c1-4-31-23-15-24-20(21(16-32-24)18-9-5-6-10-22(18)30-3)14-19(23)17(2)13-26(29)28-25-11-7-8-12-27-25/h5-16H,4H2,1-3H3,(H,27,28,29)/b17-13+. The summed E-state index contributed by atoms with van der Waals surface area (Å²) in [5.74, 6) is 1.64. The maximum Gasteiger partial charge on any atom is 0.249 e. The molecule has 2 heterocycles. The molecule has 0 saturated carbocycles. The molecule has 0 fully saturated rings. The number of allylic oxidation sites excluding steroid dienone is 1. The molecule has 0 spiro atoms. The fraction of sp³-hybridized carbons (Fsp3) is 0.154. The average molecular weight is 428 g/mol. The molecule has 1 N–H and O–H groups in total. The number of hydrogen-bond acceptors (Lipinski definition) is 5. The predicted molar refractivity (Wildman–Crippen MR) is 126 cm³/mol. The van der Waals surface area contributed by atoms with Crippen LogP contribution >= 0.6 is 0 Å². The molecule has 2 aromatic heterocycles. The number of furan rings is 1. The van der Waals surface area contributed by atoms with Gasteiger partial charge in [-0.15, -0.1) is 0 Å². The summed E-state index contributed by atoms with van der Waals surface area (Å²) in [7, 11) is 1.65. The molecule has 0 aliphatic rings. The summed E-state index contributed by atoms with van der Waals surface area (Å²) >= 11 is 0. The van der Waals surface area contributed by atoms with Crippen LogP contribution in [0.25, 0.3) is 27.7 Å². The number of methoxy groups -OCH3 is 1. The molecule has 162 valence electrons. The van der Waals surface area contributed by atoms with Gasteiger partial charge in [0.05, 0.1) is 20.0 Å². The lowest BCUT2D eigenvalue weighted by Crippen LogP contribution is -2.09. The van der Waals surface area contributed by atoms with Crippen LogP contribution in [0.4, 0.5) is 5.82 Å². The molecular weight excluding hydrogens is 404 g/mol. The van der Waals surface area contributed by atoms with Gasteiger partial charge in [0.15, 0.2) is 0 Å². The van der Waals surface area contributed by atoms with Crippen molar-refractivity contribution in [2.75, 3.05) is 19.0 Å². The quantitative estimate of drug-likeness (QED) is 0.369. The summed E-state index contributed by atoms with van der Waals surface area (Å²) in [6, 6.07) is 17.0. The van der Waals surface area contributed by atoms with Crippen molar-refractivity contribution in [3.63, 3.8) is 0 Å². The molecule has 0 atom stereocenters.